The molecular weight excluding hydrogens is 406 g/mol. The standard InChI is InChI=1S/C26H29NO5/c1-2-9-22-26(24(30)32-17-20-12-7-4-8-13-20)15-21(28)14-25(26,18-27-22)23(29)31-16-19-10-5-3-6-11-19/h3-8,10-13,22,27H,2,9,14-18H2,1H3. The lowest BCUT2D eigenvalue weighted by atomic mass is 9.63. The van der Waals surface area contributed by atoms with Crippen molar-refractivity contribution >= 4 is 17.7 Å². The van der Waals surface area contributed by atoms with Crippen molar-refractivity contribution in [3.8, 4) is 0 Å². The Hall–Kier alpha value is -2.99. The Morgan fingerprint density at radius 3 is 2.03 bits per heavy atom. The van der Waals surface area contributed by atoms with Gasteiger partial charge >= 0.3 is 11.9 Å². The van der Waals surface area contributed by atoms with Crippen molar-refractivity contribution in [1.29, 1.82) is 0 Å². The molecule has 32 heavy (non-hydrogen) atoms. The molecule has 168 valence electrons. The van der Waals surface area contributed by atoms with Gasteiger partial charge in [-0.3, -0.25) is 14.4 Å². The minimum absolute atomic E-state index is 0.00126. The lowest BCUT2D eigenvalue weighted by Gasteiger charge is -2.38. The quantitative estimate of drug-likeness (QED) is 0.639. The maximum Gasteiger partial charge on any atom is 0.315 e. The minimum atomic E-state index is -1.25. The third-order valence-corrected chi connectivity index (χ3v) is 6.83. The maximum atomic E-state index is 13.6. The molecule has 0 spiro atoms. The second kappa shape index (κ2) is 9.25. The van der Waals surface area contributed by atoms with E-state index in [0.717, 1.165) is 17.5 Å². The molecule has 6 nitrogen and oxygen atoms in total. The Bertz CT molecular complexity index is 976. The van der Waals surface area contributed by atoms with E-state index in [1.807, 2.05) is 67.6 Å². The van der Waals surface area contributed by atoms with Crippen LogP contribution in [0.25, 0.3) is 0 Å². The zero-order chi connectivity index (χ0) is 22.6. The van der Waals surface area contributed by atoms with E-state index in [1.54, 1.807) is 0 Å². The summed E-state index contributed by atoms with van der Waals surface area (Å²) in [6, 6.07) is 18.5. The van der Waals surface area contributed by atoms with Crippen molar-refractivity contribution in [3.63, 3.8) is 0 Å². The fourth-order valence-corrected chi connectivity index (χ4v) is 5.27. The van der Waals surface area contributed by atoms with Crippen molar-refractivity contribution in [2.24, 2.45) is 10.8 Å². The first-order chi connectivity index (χ1) is 15.5. The SMILES string of the molecule is CCCC1NCC2(C(=O)OCc3ccccc3)CC(=O)CC12C(=O)OCc1ccccc1. The fraction of sp³-hybridized carbons (Fsp3) is 0.423. The van der Waals surface area contributed by atoms with Crippen molar-refractivity contribution in [2.75, 3.05) is 6.54 Å². The van der Waals surface area contributed by atoms with Crippen LogP contribution in [0.2, 0.25) is 0 Å². The van der Waals surface area contributed by atoms with Gasteiger partial charge in [0.05, 0.1) is 0 Å². The second-order valence-electron chi connectivity index (χ2n) is 8.79. The van der Waals surface area contributed by atoms with Crippen LogP contribution in [0.5, 0.6) is 0 Å². The number of carbonyl (C=O) groups is 3. The Labute approximate surface area is 188 Å². The van der Waals surface area contributed by atoms with Crippen molar-refractivity contribution in [2.45, 2.75) is 51.9 Å². The van der Waals surface area contributed by atoms with E-state index >= 15 is 0 Å². The molecule has 0 aromatic heterocycles. The minimum Gasteiger partial charge on any atom is -0.460 e. The van der Waals surface area contributed by atoms with Gasteiger partial charge < -0.3 is 14.8 Å². The molecule has 2 aromatic carbocycles. The predicted octanol–water partition coefficient (Wildman–Crippen LogP) is 3.58. The van der Waals surface area contributed by atoms with Gasteiger partial charge in [-0.1, -0.05) is 74.0 Å². The molecule has 1 heterocycles. The van der Waals surface area contributed by atoms with E-state index in [0.29, 0.717) is 6.42 Å². The number of benzene rings is 2. The van der Waals surface area contributed by atoms with Gasteiger partial charge in [-0.05, 0) is 17.5 Å². The van der Waals surface area contributed by atoms with Crippen LogP contribution in [-0.4, -0.2) is 30.3 Å². The summed E-state index contributed by atoms with van der Waals surface area (Å²) >= 11 is 0. The van der Waals surface area contributed by atoms with Crippen LogP contribution in [0.1, 0.15) is 43.7 Å². The maximum absolute atomic E-state index is 13.6. The summed E-state index contributed by atoms with van der Waals surface area (Å²) in [5, 5.41) is 3.37. The van der Waals surface area contributed by atoms with Gasteiger partial charge in [0.25, 0.3) is 0 Å². The van der Waals surface area contributed by atoms with Crippen molar-refractivity contribution < 1.29 is 23.9 Å². The summed E-state index contributed by atoms with van der Waals surface area (Å²) in [7, 11) is 0. The second-order valence-corrected chi connectivity index (χ2v) is 8.79. The van der Waals surface area contributed by atoms with Crippen LogP contribution in [-0.2, 0) is 37.1 Å². The number of nitrogens with one attached hydrogen (secondary N) is 1. The van der Waals surface area contributed by atoms with Crippen LogP contribution in [0.4, 0.5) is 0 Å². The molecule has 0 amide bonds. The number of hydrogen-bond donors (Lipinski definition) is 1. The number of fused-ring (bicyclic) bond motifs is 1. The predicted molar refractivity (Wildman–Crippen MR) is 118 cm³/mol. The summed E-state index contributed by atoms with van der Waals surface area (Å²) < 4.78 is 11.4. The number of rotatable bonds is 8. The molecule has 1 aliphatic carbocycles. The topological polar surface area (TPSA) is 81.7 Å². The lowest BCUT2D eigenvalue weighted by Crippen LogP contribution is -2.53. The van der Waals surface area contributed by atoms with E-state index < -0.39 is 22.8 Å². The Morgan fingerprint density at radius 2 is 1.47 bits per heavy atom. The van der Waals surface area contributed by atoms with E-state index in [4.69, 9.17) is 9.47 Å². The summed E-state index contributed by atoms with van der Waals surface area (Å²) in [5.74, 6) is -1.09. The number of Topliss-reactive ketones (excluding diaryl/α,β-unsaturated/α-hetero) is 1. The van der Waals surface area contributed by atoms with E-state index in [-0.39, 0.29) is 44.4 Å². The zero-order valence-corrected chi connectivity index (χ0v) is 18.3. The van der Waals surface area contributed by atoms with Crippen LogP contribution in [0, 0.1) is 10.8 Å². The van der Waals surface area contributed by atoms with Gasteiger partial charge in [-0.2, -0.15) is 0 Å². The third-order valence-electron chi connectivity index (χ3n) is 6.83. The Morgan fingerprint density at radius 1 is 0.906 bits per heavy atom. The molecule has 2 fully saturated rings. The summed E-state index contributed by atoms with van der Waals surface area (Å²) in [5.41, 5.74) is -0.776. The highest BCUT2D eigenvalue weighted by Crippen LogP contribution is 2.59. The molecule has 1 N–H and O–H groups in total. The molecule has 0 radical (unpaired) electrons. The Kier molecular flexibility index (Phi) is 6.42. The van der Waals surface area contributed by atoms with Crippen LogP contribution >= 0.6 is 0 Å². The highest BCUT2D eigenvalue weighted by molar-refractivity contribution is 6.02. The van der Waals surface area contributed by atoms with E-state index in [2.05, 4.69) is 5.32 Å². The van der Waals surface area contributed by atoms with E-state index in [9.17, 15) is 14.4 Å². The molecule has 3 atom stereocenters. The highest BCUT2D eigenvalue weighted by Gasteiger charge is 2.73. The fourth-order valence-electron chi connectivity index (χ4n) is 5.27. The number of ether oxygens (including phenoxy) is 2. The van der Waals surface area contributed by atoms with Crippen LogP contribution < -0.4 is 5.32 Å². The molecule has 3 unspecified atom stereocenters. The van der Waals surface area contributed by atoms with Gasteiger partial charge in [0, 0.05) is 25.4 Å². The molecule has 0 bridgehead atoms. The summed E-state index contributed by atoms with van der Waals surface area (Å²) in [4.78, 5) is 39.8. The molecule has 1 aliphatic heterocycles. The molecule has 2 aliphatic rings. The lowest BCUT2D eigenvalue weighted by molar-refractivity contribution is -0.177. The Balaban J connectivity index is 1.61. The number of hydrogen-bond acceptors (Lipinski definition) is 6. The summed E-state index contributed by atoms with van der Waals surface area (Å²) in [6.07, 6.45) is 1.48. The smallest absolute Gasteiger partial charge is 0.315 e. The zero-order valence-electron chi connectivity index (χ0n) is 18.3. The first-order valence-corrected chi connectivity index (χ1v) is 11.2. The normalized spacial score (nSPS) is 26.5. The molecule has 4 rings (SSSR count). The first-order valence-electron chi connectivity index (χ1n) is 11.2. The average Bonchev–Trinajstić information content (AvgIpc) is 3.29. The molecule has 6 heteroatoms. The average molecular weight is 436 g/mol. The van der Waals surface area contributed by atoms with Gasteiger partial charge in [-0.15, -0.1) is 0 Å². The van der Waals surface area contributed by atoms with Gasteiger partial charge in [0.15, 0.2) is 0 Å². The summed E-state index contributed by atoms with van der Waals surface area (Å²) in [6.45, 7) is 2.46. The van der Waals surface area contributed by atoms with Gasteiger partial charge in [0.1, 0.15) is 29.8 Å². The van der Waals surface area contributed by atoms with Gasteiger partial charge in [-0.25, -0.2) is 0 Å². The molecule has 1 saturated heterocycles. The number of ketones is 1. The molecule has 1 saturated carbocycles. The van der Waals surface area contributed by atoms with Crippen LogP contribution in [0.15, 0.2) is 60.7 Å². The van der Waals surface area contributed by atoms with Gasteiger partial charge in [0.2, 0.25) is 0 Å². The monoisotopic (exact) mass is 435 g/mol. The van der Waals surface area contributed by atoms with Crippen LogP contribution in [0.3, 0.4) is 0 Å². The number of carbonyl (C=O) groups excluding carboxylic acids is 3. The van der Waals surface area contributed by atoms with E-state index in [1.165, 1.54) is 0 Å². The van der Waals surface area contributed by atoms with Crippen molar-refractivity contribution in [3.05, 3.63) is 71.8 Å². The third kappa shape index (κ3) is 3.84. The first kappa shape index (κ1) is 22.2. The molecular formula is C26H29NO5. The molecule has 2 aromatic rings. The van der Waals surface area contributed by atoms with Crippen molar-refractivity contribution in [1.82, 2.24) is 5.32 Å². The number of esters is 2. The highest BCUT2D eigenvalue weighted by atomic mass is 16.5. The largest absolute Gasteiger partial charge is 0.460 e.